The summed E-state index contributed by atoms with van der Waals surface area (Å²) in [6, 6.07) is 4.67. The van der Waals surface area contributed by atoms with Crippen molar-refractivity contribution in [3.05, 3.63) is 29.6 Å². The van der Waals surface area contributed by atoms with Gasteiger partial charge in [-0.3, -0.25) is 4.79 Å². The third-order valence-corrected chi connectivity index (χ3v) is 2.50. The summed E-state index contributed by atoms with van der Waals surface area (Å²) in [6.07, 6.45) is 0. The maximum Gasteiger partial charge on any atom is 0.231 e. The third-order valence-electron chi connectivity index (χ3n) is 2.50. The lowest BCUT2D eigenvalue weighted by molar-refractivity contribution is -0.123. The monoisotopic (exact) mass is 224 g/mol. The Hall–Kier alpha value is -1.42. The number of aryl methyl sites for hydroxylation is 1. The highest BCUT2D eigenvalue weighted by Gasteiger charge is 2.26. The van der Waals surface area contributed by atoms with Crippen LogP contribution in [0.25, 0.3) is 0 Å². The van der Waals surface area contributed by atoms with Gasteiger partial charge in [-0.15, -0.1) is 0 Å². The molecule has 0 aliphatic rings. The van der Waals surface area contributed by atoms with E-state index in [-0.39, 0.29) is 18.1 Å². The molecule has 0 saturated carbocycles. The van der Waals surface area contributed by atoms with Crippen LogP contribution in [0.3, 0.4) is 0 Å². The lowest BCUT2D eigenvalue weighted by atomic mass is 9.92. The van der Waals surface area contributed by atoms with Crippen molar-refractivity contribution in [3.63, 3.8) is 0 Å². The third kappa shape index (κ3) is 2.79. The minimum absolute atomic E-state index is 0.192. The Morgan fingerprint density at radius 3 is 2.62 bits per heavy atom. The number of hydrogen-bond acceptors (Lipinski definition) is 2. The molecule has 0 aliphatic carbocycles. The smallest absolute Gasteiger partial charge is 0.231 e. The average Bonchev–Trinajstić information content (AvgIpc) is 2.22. The maximum atomic E-state index is 13.5. The van der Waals surface area contributed by atoms with Gasteiger partial charge in [-0.2, -0.15) is 0 Å². The number of carbonyl (C=O) groups is 1. The predicted octanol–water partition coefficient (Wildman–Crippen LogP) is 2.06. The van der Waals surface area contributed by atoms with Gasteiger partial charge in [0.2, 0.25) is 5.91 Å². The van der Waals surface area contributed by atoms with Gasteiger partial charge in [-0.25, -0.2) is 4.39 Å². The van der Waals surface area contributed by atoms with Crippen molar-refractivity contribution >= 4 is 11.6 Å². The number of amides is 1. The summed E-state index contributed by atoms with van der Waals surface area (Å²) in [5.74, 6) is -0.709. The zero-order valence-electron chi connectivity index (χ0n) is 9.80. The lowest BCUT2D eigenvalue weighted by Gasteiger charge is -2.21. The quantitative estimate of drug-likeness (QED) is 0.825. The number of halogens is 1. The van der Waals surface area contributed by atoms with E-state index in [1.165, 1.54) is 6.07 Å². The molecular weight excluding hydrogens is 207 g/mol. The molecular formula is C12H17FN2O. The topological polar surface area (TPSA) is 55.1 Å². The number of rotatable bonds is 3. The van der Waals surface area contributed by atoms with E-state index in [1.807, 2.05) is 0 Å². The van der Waals surface area contributed by atoms with E-state index in [2.05, 4.69) is 5.32 Å². The fraction of sp³-hybridized carbons (Fsp3) is 0.417. The van der Waals surface area contributed by atoms with Crippen LogP contribution in [0.4, 0.5) is 10.1 Å². The lowest BCUT2D eigenvalue weighted by Crippen LogP contribution is -2.37. The molecule has 3 nitrogen and oxygen atoms in total. The molecule has 16 heavy (non-hydrogen) atoms. The van der Waals surface area contributed by atoms with Crippen LogP contribution in [0.1, 0.15) is 19.4 Å². The van der Waals surface area contributed by atoms with E-state index in [4.69, 9.17) is 5.73 Å². The van der Waals surface area contributed by atoms with Crippen LogP contribution < -0.4 is 11.1 Å². The first kappa shape index (κ1) is 12.6. The SMILES string of the molecule is Cc1ccc(NC(=O)C(C)(C)CN)c(F)c1. The molecule has 0 saturated heterocycles. The first-order valence-electron chi connectivity index (χ1n) is 5.14. The highest BCUT2D eigenvalue weighted by Crippen LogP contribution is 2.20. The van der Waals surface area contributed by atoms with E-state index in [9.17, 15) is 9.18 Å². The second-order valence-electron chi connectivity index (χ2n) is 4.53. The summed E-state index contributed by atoms with van der Waals surface area (Å²) in [5.41, 5.74) is 5.78. The molecule has 1 amide bonds. The zero-order valence-corrected chi connectivity index (χ0v) is 9.80. The Labute approximate surface area is 94.8 Å². The molecule has 0 aliphatic heterocycles. The van der Waals surface area contributed by atoms with Gasteiger partial charge >= 0.3 is 0 Å². The van der Waals surface area contributed by atoms with Crippen molar-refractivity contribution in [1.82, 2.24) is 0 Å². The van der Waals surface area contributed by atoms with Gasteiger partial charge < -0.3 is 11.1 Å². The molecule has 3 N–H and O–H groups in total. The minimum Gasteiger partial charge on any atom is -0.329 e. The highest BCUT2D eigenvalue weighted by molar-refractivity contribution is 5.95. The van der Waals surface area contributed by atoms with E-state index < -0.39 is 11.2 Å². The van der Waals surface area contributed by atoms with Crippen LogP contribution in [-0.4, -0.2) is 12.5 Å². The standard InChI is InChI=1S/C12H17FN2O/c1-8-4-5-10(9(13)6-8)15-11(16)12(2,3)7-14/h4-6H,7,14H2,1-3H3,(H,15,16). The van der Waals surface area contributed by atoms with Crippen LogP contribution >= 0.6 is 0 Å². The van der Waals surface area contributed by atoms with Crippen LogP contribution in [0, 0.1) is 18.2 Å². The van der Waals surface area contributed by atoms with Gasteiger partial charge in [-0.05, 0) is 38.5 Å². The van der Waals surface area contributed by atoms with Crippen LogP contribution in [-0.2, 0) is 4.79 Å². The number of anilines is 1. The number of nitrogens with one attached hydrogen (secondary N) is 1. The van der Waals surface area contributed by atoms with Gasteiger partial charge in [0.05, 0.1) is 11.1 Å². The van der Waals surface area contributed by atoms with Gasteiger partial charge in [-0.1, -0.05) is 6.07 Å². The van der Waals surface area contributed by atoms with Crippen LogP contribution in [0.5, 0.6) is 0 Å². The Morgan fingerprint density at radius 1 is 1.50 bits per heavy atom. The van der Waals surface area contributed by atoms with E-state index in [0.717, 1.165) is 5.56 Å². The van der Waals surface area contributed by atoms with Gasteiger partial charge in [0.15, 0.2) is 0 Å². The number of carbonyl (C=O) groups excluding carboxylic acids is 1. The zero-order chi connectivity index (χ0) is 12.3. The molecule has 1 rings (SSSR count). The molecule has 1 aromatic carbocycles. The Bertz CT molecular complexity index is 402. The predicted molar refractivity (Wildman–Crippen MR) is 62.6 cm³/mol. The van der Waals surface area contributed by atoms with Gasteiger partial charge in [0, 0.05) is 6.54 Å². The normalized spacial score (nSPS) is 11.3. The van der Waals surface area contributed by atoms with E-state index in [1.54, 1.807) is 32.9 Å². The molecule has 0 aromatic heterocycles. The van der Waals surface area contributed by atoms with Crippen molar-refractivity contribution in [3.8, 4) is 0 Å². The molecule has 0 bridgehead atoms. The van der Waals surface area contributed by atoms with Crippen LogP contribution in [0.2, 0.25) is 0 Å². The number of hydrogen-bond donors (Lipinski definition) is 2. The van der Waals surface area contributed by atoms with Crippen molar-refractivity contribution in [1.29, 1.82) is 0 Å². The summed E-state index contributed by atoms with van der Waals surface area (Å²) in [7, 11) is 0. The molecule has 0 atom stereocenters. The fourth-order valence-electron chi connectivity index (χ4n) is 1.11. The fourth-order valence-corrected chi connectivity index (χ4v) is 1.11. The van der Waals surface area contributed by atoms with Crippen molar-refractivity contribution < 1.29 is 9.18 Å². The first-order chi connectivity index (χ1) is 7.36. The summed E-state index contributed by atoms with van der Waals surface area (Å²) in [4.78, 5) is 11.7. The summed E-state index contributed by atoms with van der Waals surface area (Å²) in [6.45, 7) is 5.44. The molecule has 0 spiro atoms. The number of nitrogens with two attached hydrogens (primary N) is 1. The Balaban J connectivity index is 2.85. The van der Waals surface area contributed by atoms with Crippen molar-refractivity contribution in [2.24, 2.45) is 11.1 Å². The molecule has 1 aromatic rings. The molecule has 0 unspecified atom stereocenters. The van der Waals surface area contributed by atoms with Crippen molar-refractivity contribution in [2.45, 2.75) is 20.8 Å². The van der Waals surface area contributed by atoms with E-state index in [0.29, 0.717) is 0 Å². The first-order valence-corrected chi connectivity index (χ1v) is 5.14. The highest BCUT2D eigenvalue weighted by atomic mass is 19.1. The molecule has 0 heterocycles. The molecule has 88 valence electrons. The Kier molecular flexibility index (Phi) is 3.65. The average molecular weight is 224 g/mol. The summed E-state index contributed by atoms with van der Waals surface area (Å²) >= 11 is 0. The van der Waals surface area contributed by atoms with E-state index >= 15 is 0 Å². The van der Waals surface area contributed by atoms with Crippen LogP contribution in [0.15, 0.2) is 18.2 Å². The van der Waals surface area contributed by atoms with Gasteiger partial charge in [0.25, 0.3) is 0 Å². The molecule has 4 heteroatoms. The van der Waals surface area contributed by atoms with Gasteiger partial charge in [0.1, 0.15) is 5.82 Å². The molecule has 0 fully saturated rings. The number of benzene rings is 1. The summed E-state index contributed by atoms with van der Waals surface area (Å²) in [5, 5.41) is 2.53. The second-order valence-corrected chi connectivity index (χ2v) is 4.53. The van der Waals surface area contributed by atoms with Crippen molar-refractivity contribution in [2.75, 3.05) is 11.9 Å². The summed E-state index contributed by atoms with van der Waals surface area (Å²) < 4.78 is 13.5. The largest absolute Gasteiger partial charge is 0.329 e. The minimum atomic E-state index is -0.697. The second kappa shape index (κ2) is 4.61. The molecule has 0 radical (unpaired) electrons. The Morgan fingerprint density at radius 2 is 2.12 bits per heavy atom. The maximum absolute atomic E-state index is 13.5.